The number of carboxylic acids is 1. The zero-order valence-electron chi connectivity index (χ0n) is 11.2. The van der Waals surface area contributed by atoms with Crippen molar-refractivity contribution in [3.63, 3.8) is 0 Å². The molecule has 0 aliphatic heterocycles. The molecule has 4 heteroatoms. The smallest absolute Gasteiger partial charge is 0.358 e. The third-order valence-corrected chi connectivity index (χ3v) is 5.61. The van der Waals surface area contributed by atoms with E-state index < -0.39 is 5.97 Å². The molecule has 2 unspecified atom stereocenters. The van der Waals surface area contributed by atoms with Crippen LogP contribution in [-0.2, 0) is 5.41 Å². The maximum atomic E-state index is 11.3. The molecule has 5 rings (SSSR count). The average Bonchev–Trinajstić information content (AvgIpc) is 2.74. The van der Waals surface area contributed by atoms with E-state index in [9.17, 15) is 9.90 Å². The van der Waals surface area contributed by atoms with E-state index in [0.717, 1.165) is 31.1 Å². The van der Waals surface area contributed by atoms with Crippen LogP contribution >= 0.6 is 0 Å². The maximum Gasteiger partial charge on any atom is 0.358 e. The van der Waals surface area contributed by atoms with Crippen LogP contribution in [0.5, 0.6) is 0 Å². The summed E-state index contributed by atoms with van der Waals surface area (Å²) in [7, 11) is 0. The van der Waals surface area contributed by atoms with Crippen molar-refractivity contribution in [1.29, 1.82) is 0 Å². The van der Waals surface area contributed by atoms with Crippen molar-refractivity contribution in [1.82, 2.24) is 4.98 Å². The van der Waals surface area contributed by atoms with Crippen LogP contribution < -0.4 is 0 Å². The number of aromatic nitrogens is 1. The highest BCUT2D eigenvalue weighted by Gasteiger charge is 2.58. The van der Waals surface area contributed by atoms with Crippen LogP contribution in [0.2, 0.25) is 0 Å². The van der Waals surface area contributed by atoms with Gasteiger partial charge in [0.15, 0.2) is 12.1 Å². The van der Waals surface area contributed by atoms with Gasteiger partial charge in [0.2, 0.25) is 0 Å². The molecule has 4 fully saturated rings. The molecule has 2 atom stereocenters. The van der Waals surface area contributed by atoms with Gasteiger partial charge in [-0.1, -0.05) is 6.92 Å². The zero-order chi connectivity index (χ0) is 13.3. The van der Waals surface area contributed by atoms with Crippen molar-refractivity contribution in [3.8, 4) is 0 Å². The molecule has 0 amide bonds. The Hall–Kier alpha value is -1.32. The number of rotatable bonds is 2. The minimum Gasteiger partial charge on any atom is -0.476 e. The summed E-state index contributed by atoms with van der Waals surface area (Å²) in [4.78, 5) is 15.3. The van der Waals surface area contributed by atoms with Gasteiger partial charge in [0, 0.05) is 5.41 Å². The summed E-state index contributed by atoms with van der Waals surface area (Å²) in [5.41, 5.74) is 0.473. The van der Waals surface area contributed by atoms with Gasteiger partial charge in [-0.25, -0.2) is 9.78 Å². The second kappa shape index (κ2) is 3.41. The van der Waals surface area contributed by atoms with Gasteiger partial charge < -0.3 is 9.52 Å². The summed E-state index contributed by atoms with van der Waals surface area (Å²) in [6.45, 7) is 2.37. The normalized spacial score (nSPS) is 43.6. The third kappa shape index (κ3) is 1.52. The molecular weight excluding hydrogens is 242 g/mol. The van der Waals surface area contributed by atoms with E-state index in [4.69, 9.17) is 4.42 Å². The zero-order valence-corrected chi connectivity index (χ0v) is 11.2. The van der Waals surface area contributed by atoms with Crippen LogP contribution in [0.15, 0.2) is 10.8 Å². The Bertz CT molecular complexity index is 533. The van der Waals surface area contributed by atoms with Crippen molar-refractivity contribution in [2.24, 2.45) is 17.3 Å². The number of oxazole rings is 1. The Kier molecular flexibility index (Phi) is 2.06. The summed E-state index contributed by atoms with van der Waals surface area (Å²) in [5.74, 6) is 1.20. The van der Waals surface area contributed by atoms with Crippen LogP contribution in [0, 0.1) is 17.3 Å². The lowest BCUT2D eigenvalue weighted by Gasteiger charge is -2.60. The number of carboxylic acid groups (broad SMARTS) is 1. The van der Waals surface area contributed by atoms with Gasteiger partial charge in [-0.2, -0.15) is 0 Å². The number of aromatic carboxylic acids is 1. The van der Waals surface area contributed by atoms with Gasteiger partial charge in [-0.05, 0) is 55.8 Å². The highest BCUT2D eigenvalue weighted by atomic mass is 16.4. The number of hydrogen-bond donors (Lipinski definition) is 1. The summed E-state index contributed by atoms with van der Waals surface area (Å²) < 4.78 is 5.56. The van der Waals surface area contributed by atoms with Crippen molar-refractivity contribution < 1.29 is 14.3 Å². The lowest BCUT2D eigenvalue weighted by Crippen LogP contribution is -2.53. The van der Waals surface area contributed by atoms with Crippen molar-refractivity contribution in [2.45, 2.75) is 50.9 Å². The molecule has 0 spiro atoms. The minimum atomic E-state index is -0.954. The van der Waals surface area contributed by atoms with E-state index in [1.165, 1.54) is 25.7 Å². The molecular formula is C15H19NO3. The molecule has 102 valence electrons. The maximum absolute atomic E-state index is 11.3. The monoisotopic (exact) mass is 261 g/mol. The number of carbonyl (C=O) groups is 1. The molecule has 4 nitrogen and oxygen atoms in total. The van der Waals surface area contributed by atoms with Crippen molar-refractivity contribution in [2.75, 3.05) is 0 Å². The van der Waals surface area contributed by atoms with E-state index in [2.05, 4.69) is 11.9 Å². The second-order valence-corrected chi connectivity index (χ2v) is 7.39. The second-order valence-electron chi connectivity index (χ2n) is 7.39. The number of nitrogens with zero attached hydrogens (tertiary/aromatic N) is 1. The Morgan fingerprint density at radius 1 is 1.37 bits per heavy atom. The molecule has 4 aliphatic rings. The largest absolute Gasteiger partial charge is 0.476 e. The number of hydrogen-bond acceptors (Lipinski definition) is 3. The topological polar surface area (TPSA) is 63.3 Å². The quantitative estimate of drug-likeness (QED) is 0.887. The molecule has 1 N–H and O–H groups in total. The van der Waals surface area contributed by atoms with Gasteiger partial charge in [0.1, 0.15) is 5.76 Å². The van der Waals surface area contributed by atoms with E-state index >= 15 is 0 Å². The van der Waals surface area contributed by atoms with Crippen LogP contribution in [0.25, 0.3) is 0 Å². The molecule has 1 aromatic rings. The Labute approximate surface area is 112 Å². The summed E-state index contributed by atoms with van der Waals surface area (Å²) >= 11 is 0. The molecule has 19 heavy (non-hydrogen) atoms. The SMILES string of the molecule is CC12CC3CC(C1)CC(c1ocnc1C(=O)O)(C3)C2. The first kappa shape index (κ1) is 11.5. The average molecular weight is 261 g/mol. The molecule has 0 saturated heterocycles. The summed E-state index contributed by atoms with van der Waals surface area (Å²) in [6.07, 6.45) is 8.50. The van der Waals surface area contributed by atoms with E-state index in [-0.39, 0.29) is 11.1 Å². The van der Waals surface area contributed by atoms with E-state index in [1.807, 2.05) is 0 Å². The van der Waals surface area contributed by atoms with Gasteiger partial charge in [-0.3, -0.25) is 0 Å². The Morgan fingerprint density at radius 3 is 2.63 bits per heavy atom. The fourth-order valence-electron chi connectivity index (χ4n) is 5.76. The highest BCUT2D eigenvalue weighted by molar-refractivity contribution is 5.86. The predicted molar refractivity (Wildman–Crippen MR) is 67.9 cm³/mol. The first-order valence-electron chi connectivity index (χ1n) is 7.17. The third-order valence-electron chi connectivity index (χ3n) is 5.61. The highest BCUT2D eigenvalue weighted by Crippen LogP contribution is 2.65. The lowest BCUT2D eigenvalue weighted by atomic mass is 9.44. The fourth-order valence-corrected chi connectivity index (χ4v) is 5.76. The van der Waals surface area contributed by atoms with Gasteiger partial charge in [0.05, 0.1) is 0 Å². The molecule has 4 saturated carbocycles. The van der Waals surface area contributed by atoms with E-state index in [0.29, 0.717) is 11.2 Å². The Morgan fingerprint density at radius 2 is 2.05 bits per heavy atom. The molecule has 0 radical (unpaired) electrons. The first-order valence-corrected chi connectivity index (χ1v) is 7.17. The fraction of sp³-hybridized carbons (Fsp3) is 0.733. The van der Waals surface area contributed by atoms with Crippen LogP contribution in [-0.4, -0.2) is 16.1 Å². The van der Waals surface area contributed by atoms with Gasteiger partial charge in [-0.15, -0.1) is 0 Å². The Balaban J connectivity index is 1.81. The summed E-state index contributed by atoms with van der Waals surface area (Å²) in [5, 5.41) is 9.30. The van der Waals surface area contributed by atoms with Crippen LogP contribution in [0.1, 0.15) is 61.7 Å². The lowest BCUT2D eigenvalue weighted by molar-refractivity contribution is -0.0693. The molecule has 1 heterocycles. The van der Waals surface area contributed by atoms with Crippen LogP contribution in [0.3, 0.4) is 0 Å². The summed E-state index contributed by atoms with van der Waals surface area (Å²) in [6, 6.07) is 0. The first-order chi connectivity index (χ1) is 9.00. The predicted octanol–water partition coefficient (Wildman–Crippen LogP) is 3.23. The van der Waals surface area contributed by atoms with Crippen molar-refractivity contribution >= 4 is 5.97 Å². The molecule has 0 aromatic carbocycles. The van der Waals surface area contributed by atoms with Crippen molar-refractivity contribution in [3.05, 3.63) is 17.8 Å². The van der Waals surface area contributed by atoms with E-state index in [1.54, 1.807) is 0 Å². The standard InChI is InChI=1S/C15H19NO3/c1-14-3-9-2-10(4-14)6-15(5-9,7-14)12-11(13(17)18)16-8-19-12/h8-10H,2-7H2,1H3,(H,17,18). The molecule has 4 aliphatic carbocycles. The molecule has 1 aromatic heterocycles. The van der Waals surface area contributed by atoms with Gasteiger partial charge in [0.25, 0.3) is 0 Å². The molecule has 4 bridgehead atoms. The van der Waals surface area contributed by atoms with Crippen LogP contribution in [0.4, 0.5) is 0 Å². The minimum absolute atomic E-state index is 0.0525. The van der Waals surface area contributed by atoms with Gasteiger partial charge >= 0.3 is 5.97 Å².